The van der Waals surface area contributed by atoms with Gasteiger partial charge in [-0.3, -0.25) is 0 Å². The van der Waals surface area contributed by atoms with Crippen LogP contribution in [0.2, 0.25) is 0 Å². The van der Waals surface area contributed by atoms with E-state index in [-0.39, 0.29) is 6.61 Å². The molecule has 0 aliphatic rings. The second-order valence-electron chi connectivity index (χ2n) is 4.37. The van der Waals surface area contributed by atoms with E-state index in [0.717, 1.165) is 5.56 Å². The van der Waals surface area contributed by atoms with Crippen LogP contribution >= 0.6 is 0 Å². The highest BCUT2D eigenvalue weighted by Crippen LogP contribution is 2.13. The molecule has 0 radical (unpaired) electrons. The Morgan fingerprint density at radius 3 is 2.70 bits per heavy atom. The smallest absolute Gasteiger partial charge is 0.488 e. The molecule has 1 heterocycles. The third-order valence-corrected chi connectivity index (χ3v) is 2.81. The zero-order valence-corrected chi connectivity index (χ0v) is 11.4. The number of benzene rings is 1. The highest BCUT2D eigenvalue weighted by atomic mass is 16.5. The largest absolute Gasteiger partial charge is 0.492 e. The number of pyridine rings is 1. The van der Waals surface area contributed by atoms with Crippen LogP contribution in [0.25, 0.3) is 0 Å². The summed E-state index contributed by atoms with van der Waals surface area (Å²) < 4.78 is 10.6. The Hall–Kier alpha value is -2.05. The Kier molecular flexibility index (Phi) is 4.60. The number of nitrogens with zero attached hydrogens (tertiary/aromatic N) is 1. The van der Waals surface area contributed by atoms with Crippen LogP contribution in [0.3, 0.4) is 0 Å². The Morgan fingerprint density at radius 2 is 2.00 bits per heavy atom. The van der Waals surface area contributed by atoms with Crippen LogP contribution in [0.4, 0.5) is 0 Å². The van der Waals surface area contributed by atoms with Gasteiger partial charge >= 0.3 is 7.12 Å². The summed E-state index contributed by atoms with van der Waals surface area (Å²) in [5, 5.41) is 18.7. The fraction of sp³-hybridized carbons (Fsp3) is 0.214. The van der Waals surface area contributed by atoms with Crippen LogP contribution in [-0.2, 0) is 6.61 Å². The fourth-order valence-corrected chi connectivity index (χ4v) is 1.80. The van der Waals surface area contributed by atoms with E-state index in [1.54, 1.807) is 25.3 Å². The zero-order valence-electron chi connectivity index (χ0n) is 11.4. The maximum absolute atomic E-state index is 9.35. The summed E-state index contributed by atoms with van der Waals surface area (Å²) in [5.74, 6) is 0.938. The van der Waals surface area contributed by atoms with Gasteiger partial charge in [-0.15, -0.1) is 0 Å². The molecule has 6 heteroatoms. The second kappa shape index (κ2) is 6.41. The third kappa shape index (κ3) is 3.49. The normalized spacial score (nSPS) is 10.2. The minimum absolute atomic E-state index is 0.222. The van der Waals surface area contributed by atoms with E-state index in [4.69, 9.17) is 9.47 Å². The molecule has 0 saturated carbocycles. The van der Waals surface area contributed by atoms with Gasteiger partial charge in [-0.25, -0.2) is 4.98 Å². The van der Waals surface area contributed by atoms with Gasteiger partial charge in [0.15, 0.2) is 0 Å². The Balaban J connectivity index is 2.14. The van der Waals surface area contributed by atoms with Crippen molar-refractivity contribution in [3.05, 3.63) is 47.7 Å². The van der Waals surface area contributed by atoms with Gasteiger partial charge in [0.1, 0.15) is 12.4 Å². The van der Waals surface area contributed by atoms with Crippen molar-refractivity contribution in [3.63, 3.8) is 0 Å². The van der Waals surface area contributed by atoms with E-state index in [1.165, 1.54) is 0 Å². The lowest BCUT2D eigenvalue weighted by Gasteiger charge is -2.12. The van der Waals surface area contributed by atoms with Crippen LogP contribution in [-0.4, -0.2) is 29.3 Å². The first kappa shape index (κ1) is 14.4. The first-order chi connectivity index (χ1) is 9.60. The minimum atomic E-state index is -1.57. The van der Waals surface area contributed by atoms with Crippen molar-refractivity contribution in [3.8, 4) is 11.6 Å². The molecule has 2 aromatic rings. The average molecular weight is 273 g/mol. The van der Waals surface area contributed by atoms with Crippen LogP contribution < -0.4 is 14.9 Å². The standard InChI is InChI=1S/C14H16BNO4/c1-10-6-7-13(12(8-10)15(17)18)20-9-11-4-3-5-14(16-11)19-2/h3-8,17-18H,9H2,1-2H3. The molecule has 5 nitrogen and oxygen atoms in total. The summed E-state index contributed by atoms with van der Waals surface area (Å²) in [6.07, 6.45) is 0. The van der Waals surface area contributed by atoms with Crippen molar-refractivity contribution in [1.82, 2.24) is 4.98 Å². The molecule has 20 heavy (non-hydrogen) atoms. The highest BCUT2D eigenvalue weighted by Gasteiger charge is 2.17. The van der Waals surface area contributed by atoms with E-state index in [2.05, 4.69) is 4.98 Å². The summed E-state index contributed by atoms with van der Waals surface area (Å²) in [4.78, 5) is 4.23. The van der Waals surface area contributed by atoms with Crippen LogP contribution in [0.15, 0.2) is 36.4 Å². The van der Waals surface area contributed by atoms with E-state index >= 15 is 0 Å². The number of hydrogen-bond donors (Lipinski definition) is 2. The van der Waals surface area contributed by atoms with Crippen molar-refractivity contribution in [2.24, 2.45) is 0 Å². The number of aromatic nitrogens is 1. The molecule has 0 fully saturated rings. The summed E-state index contributed by atoms with van der Waals surface area (Å²) >= 11 is 0. The molecular formula is C14H16BNO4. The lowest BCUT2D eigenvalue weighted by atomic mass is 9.79. The fourth-order valence-electron chi connectivity index (χ4n) is 1.80. The van der Waals surface area contributed by atoms with Crippen molar-refractivity contribution >= 4 is 12.6 Å². The number of aryl methyl sites for hydroxylation is 1. The second-order valence-corrected chi connectivity index (χ2v) is 4.37. The third-order valence-electron chi connectivity index (χ3n) is 2.81. The van der Waals surface area contributed by atoms with Gasteiger partial charge < -0.3 is 19.5 Å². The average Bonchev–Trinajstić information content (AvgIpc) is 2.46. The van der Waals surface area contributed by atoms with E-state index in [1.807, 2.05) is 25.1 Å². The minimum Gasteiger partial charge on any atom is -0.488 e. The van der Waals surface area contributed by atoms with Gasteiger partial charge in [0.2, 0.25) is 5.88 Å². The molecule has 0 amide bonds. The summed E-state index contributed by atoms with van der Waals surface area (Å²) in [6.45, 7) is 2.10. The Morgan fingerprint density at radius 1 is 1.20 bits per heavy atom. The van der Waals surface area contributed by atoms with E-state index in [9.17, 15) is 10.0 Å². The summed E-state index contributed by atoms with van der Waals surface area (Å²) in [6, 6.07) is 10.6. The molecule has 0 atom stereocenters. The Labute approximate surface area is 118 Å². The predicted molar refractivity (Wildman–Crippen MR) is 76.1 cm³/mol. The zero-order chi connectivity index (χ0) is 14.5. The molecule has 1 aromatic carbocycles. The number of methoxy groups -OCH3 is 1. The maximum atomic E-state index is 9.35. The van der Waals surface area contributed by atoms with Gasteiger partial charge in [0.25, 0.3) is 0 Å². The topological polar surface area (TPSA) is 71.8 Å². The lowest BCUT2D eigenvalue weighted by molar-refractivity contribution is 0.298. The van der Waals surface area contributed by atoms with Crippen molar-refractivity contribution < 1.29 is 19.5 Å². The molecule has 0 aliphatic heterocycles. The van der Waals surface area contributed by atoms with Crippen molar-refractivity contribution in [1.29, 1.82) is 0 Å². The molecule has 0 bridgehead atoms. The predicted octanol–water partition coefficient (Wildman–Crippen LogP) is 0.657. The van der Waals surface area contributed by atoms with Gasteiger partial charge in [0, 0.05) is 11.5 Å². The van der Waals surface area contributed by atoms with Crippen molar-refractivity contribution in [2.75, 3.05) is 7.11 Å². The monoisotopic (exact) mass is 273 g/mol. The van der Waals surface area contributed by atoms with E-state index < -0.39 is 7.12 Å². The van der Waals surface area contributed by atoms with Gasteiger partial charge in [-0.2, -0.15) is 0 Å². The van der Waals surface area contributed by atoms with Crippen molar-refractivity contribution in [2.45, 2.75) is 13.5 Å². The molecule has 104 valence electrons. The molecule has 2 N–H and O–H groups in total. The highest BCUT2D eigenvalue weighted by molar-refractivity contribution is 6.59. The number of rotatable bonds is 5. The molecule has 0 spiro atoms. The quantitative estimate of drug-likeness (QED) is 0.783. The van der Waals surface area contributed by atoms with Crippen LogP contribution in [0.5, 0.6) is 11.6 Å². The lowest BCUT2D eigenvalue weighted by Crippen LogP contribution is -2.31. The van der Waals surface area contributed by atoms with Gasteiger partial charge in [-0.05, 0) is 19.1 Å². The number of ether oxygens (including phenoxy) is 2. The molecule has 2 rings (SSSR count). The summed E-state index contributed by atoms with van der Waals surface area (Å²) in [7, 11) is -0.0177. The van der Waals surface area contributed by atoms with Gasteiger partial charge in [-0.1, -0.05) is 23.8 Å². The first-order valence-electron chi connectivity index (χ1n) is 6.19. The first-order valence-corrected chi connectivity index (χ1v) is 6.19. The number of hydrogen-bond acceptors (Lipinski definition) is 5. The van der Waals surface area contributed by atoms with E-state index in [0.29, 0.717) is 22.8 Å². The molecular weight excluding hydrogens is 257 g/mol. The van der Waals surface area contributed by atoms with Crippen LogP contribution in [0.1, 0.15) is 11.3 Å². The Bertz CT molecular complexity index is 589. The molecule has 0 saturated heterocycles. The SMILES string of the molecule is COc1cccc(COc2ccc(C)cc2B(O)O)n1. The van der Waals surface area contributed by atoms with Gasteiger partial charge in [0.05, 0.1) is 12.8 Å². The molecule has 0 aliphatic carbocycles. The molecule has 0 unspecified atom stereocenters. The summed E-state index contributed by atoms with van der Waals surface area (Å²) in [5.41, 5.74) is 1.97. The molecule has 1 aromatic heterocycles. The van der Waals surface area contributed by atoms with Crippen LogP contribution in [0, 0.1) is 6.92 Å². The maximum Gasteiger partial charge on any atom is 0.492 e.